The van der Waals surface area contributed by atoms with Crippen molar-refractivity contribution in [1.82, 2.24) is 15.3 Å². The van der Waals surface area contributed by atoms with Crippen LogP contribution in [0.1, 0.15) is 23.7 Å². The zero-order chi connectivity index (χ0) is 19.3. The largest absolute Gasteiger partial charge is 0.457 e. The van der Waals surface area contributed by atoms with Crippen molar-refractivity contribution in [3.05, 3.63) is 72.1 Å². The van der Waals surface area contributed by atoms with Crippen LogP contribution in [0.15, 0.2) is 60.7 Å². The van der Waals surface area contributed by atoms with Crippen LogP contribution < -0.4 is 21.5 Å². The lowest BCUT2D eigenvalue weighted by atomic mass is 9.79. The van der Waals surface area contributed by atoms with Crippen molar-refractivity contribution in [3.63, 3.8) is 0 Å². The lowest BCUT2D eigenvalue weighted by molar-refractivity contribution is 0.311. The maximum atomic E-state index is 6.20. The number of piperidine rings is 1. The van der Waals surface area contributed by atoms with Gasteiger partial charge >= 0.3 is 0 Å². The van der Waals surface area contributed by atoms with E-state index < -0.39 is 0 Å². The Hall–Kier alpha value is -3.12. The molecule has 0 spiro atoms. The second-order valence-electron chi connectivity index (χ2n) is 7.15. The monoisotopic (exact) mass is 375 g/mol. The van der Waals surface area contributed by atoms with E-state index in [0.717, 1.165) is 37.4 Å². The second kappa shape index (κ2) is 8.27. The highest BCUT2D eigenvalue weighted by molar-refractivity contribution is 5.42. The molecule has 6 heteroatoms. The molecule has 1 fully saturated rings. The molecule has 2 atom stereocenters. The number of aromatic nitrogens is 2. The molecule has 2 aromatic carbocycles. The molecule has 1 aromatic heterocycles. The Kier molecular flexibility index (Phi) is 5.39. The summed E-state index contributed by atoms with van der Waals surface area (Å²) < 4.78 is 6.20. The predicted octanol–water partition coefficient (Wildman–Crippen LogP) is 3.37. The molecule has 6 nitrogen and oxygen atoms in total. The zero-order valence-electron chi connectivity index (χ0n) is 15.7. The van der Waals surface area contributed by atoms with Crippen molar-refractivity contribution < 1.29 is 4.74 Å². The third kappa shape index (κ3) is 4.23. The van der Waals surface area contributed by atoms with Crippen molar-refractivity contribution in [2.75, 3.05) is 24.6 Å². The van der Waals surface area contributed by atoms with E-state index in [9.17, 15) is 0 Å². The minimum Gasteiger partial charge on any atom is -0.457 e. The highest BCUT2D eigenvalue weighted by Gasteiger charge is 2.29. The first-order valence-corrected chi connectivity index (χ1v) is 9.60. The van der Waals surface area contributed by atoms with E-state index in [1.54, 1.807) is 6.07 Å². The predicted molar refractivity (Wildman–Crippen MR) is 111 cm³/mol. The van der Waals surface area contributed by atoms with Crippen LogP contribution in [-0.4, -0.2) is 23.1 Å². The van der Waals surface area contributed by atoms with Gasteiger partial charge in [-0.05, 0) is 42.6 Å². The first-order valence-electron chi connectivity index (χ1n) is 9.60. The maximum absolute atomic E-state index is 6.20. The summed E-state index contributed by atoms with van der Waals surface area (Å²) in [5, 5.41) is 3.52. The first-order chi connectivity index (χ1) is 13.7. The zero-order valence-corrected chi connectivity index (χ0v) is 15.7. The van der Waals surface area contributed by atoms with Gasteiger partial charge in [0.2, 0.25) is 0 Å². The van der Waals surface area contributed by atoms with Crippen molar-refractivity contribution in [3.8, 4) is 11.5 Å². The van der Waals surface area contributed by atoms with Gasteiger partial charge in [-0.3, -0.25) is 0 Å². The van der Waals surface area contributed by atoms with Crippen LogP contribution >= 0.6 is 0 Å². The molecule has 1 aliphatic rings. The van der Waals surface area contributed by atoms with E-state index in [1.807, 2.05) is 42.5 Å². The Morgan fingerprint density at radius 3 is 2.46 bits per heavy atom. The summed E-state index contributed by atoms with van der Waals surface area (Å²) in [5.74, 6) is 3.93. The molecule has 5 N–H and O–H groups in total. The summed E-state index contributed by atoms with van der Waals surface area (Å²) in [7, 11) is 0. The number of benzene rings is 2. The lowest BCUT2D eigenvalue weighted by Crippen LogP contribution is -2.36. The first kappa shape index (κ1) is 18.3. The van der Waals surface area contributed by atoms with Crippen LogP contribution in [0.3, 0.4) is 0 Å². The molecule has 0 radical (unpaired) electrons. The van der Waals surface area contributed by atoms with Gasteiger partial charge in [-0.1, -0.05) is 36.4 Å². The third-order valence-corrected chi connectivity index (χ3v) is 5.17. The van der Waals surface area contributed by atoms with Gasteiger partial charge in [-0.15, -0.1) is 0 Å². The molecule has 1 aliphatic heterocycles. The van der Waals surface area contributed by atoms with Gasteiger partial charge in [-0.2, -0.15) is 0 Å². The molecule has 2 heterocycles. The van der Waals surface area contributed by atoms with E-state index in [0.29, 0.717) is 29.3 Å². The fourth-order valence-electron chi connectivity index (χ4n) is 3.88. The Balaban J connectivity index is 1.61. The van der Waals surface area contributed by atoms with Crippen LogP contribution in [0.25, 0.3) is 0 Å². The molecule has 4 rings (SSSR count). The molecule has 28 heavy (non-hydrogen) atoms. The molecule has 1 saturated heterocycles. The molecule has 3 aromatic rings. The van der Waals surface area contributed by atoms with Crippen molar-refractivity contribution in [2.45, 2.75) is 18.8 Å². The average Bonchev–Trinajstić information content (AvgIpc) is 2.69. The Bertz CT molecular complexity index is 911. The van der Waals surface area contributed by atoms with Gasteiger partial charge in [0.15, 0.2) is 0 Å². The van der Waals surface area contributed by atoms with E-state index >= 15 is 0 Å². The van der Waals surface area contributed by atoms with Crippen molar-refractivity contribution in [2.24, 2.45) is 5.92 Å². The number of nitrogens with one attached hydrogen (secondary N) is 1. The third-order valence-electron chi connectivity index (χ3n) is 5.17. The number of nitrogens with zero attached hydrogens (tertiary/aromatic N) is 2. The van der Waals surface area contributed by atoms with Gasteiger partial charge < -0.3 is 21.5 Å². The van der Waals surface area contributed by atoms with E-state index in [1.165, 1.54) is 5.56 Å². The fourth-order valence-corrected chi connectivity index (χ4v) is 3.88. The smallest absolute Gasteiger partial charge is 0.133 e. The van der Waals surface area contributed by atoms with Crippen LogP contribution in [0.4, 0.5) is 11.6 Å². The number of anilines is 2. The van der Waals surface area contributed by atoms with Gasteiger partial charge in [0.05, 0.1) is 0 Å². The number of hydrogen-bond acceptors (Lipinski definition) is 6. The van der Waals surface area contributed by atoms with Crippen molar-refractivity contribution >= 4 is 11.6 Å². The summed E-state index contributed by atoms with van der Waals surface area (Å²) in [6, 6.07) is 19.7. The summed E-state index contributed by atoms with van der Waals surface area (Å²) >= 11 is 0. The van der Waals surface area contributed by atoms with Crippen molar-refractivity contribution in [1.29, 1.82) is 0 Å². The molecular weight excluding hydrogens is 350 g/mol. The molecule has 0 bridgehead atoms. The Morgan fingerprint density at radius 2 is 1.68 bits per heavy atom. The minimum absolute atomic E-state index is 0.292. The molecule has 0 saturated carbocycles. The summed E-state index contributed by atoms with van der Waals surface area (Å²) in [6.45, 7) is 1.86. The topological polar surface area (TPSA) is 99.1 Å². The highest BCUT2D eigenvalue weighted by atomic mass is 16.5. The van der Waals surface area contributed by atoms with Crippen LogP contribution in [0.2, 0.25) is 0 Å². The summed E-state index contributed by atoms with van der Waals surface area (Å²) in [6.07, 6.45) is 1.77. The van der Waals surface area contributed by atoms with Crippen LogP contribution in [0, 0.1) is 5.92 Å². The van der Waals surface area contributed by atoms with Gasteiger partial charge in [0.1, 0.15) is 29.0 Å². The number of ether oxygens (including phenoxy) is 1. The standard InChI is InChI=1S/C22H25N5O/c23-20-13-21(24)27-22(26-20)12-15-10-11-25-14-18(15)17-8-4-5-9-19(17)28-16-6-2-1-3-7-16/h1-9,13,15,18,25H,10-12,14H2,(H4,23,24,26,27). The molecule has 2 unspecified atom stereocenters. The van der Waals surface area contributed by atoms with Gasteiger partial charge in [0.25, 0.3) is 0 Å². The highest BCUT2D eigenvalue weighted by Crippen LogP contribution is 2.38. The number of nitrogens with two attached hydrogens (primary N) is 2. The number of nitrogen functional groups attached to an aromatic ring is 2. The lowest BCUT2D eigenvalue weighted by Gasteiger charge is -2.33. The van der Waals surface area contributed by atoms with E-state index in [4.69, 9.17) is 16.2 Å². The van der Waals surface area contributed by atoms with Gasteiger partial charge in [0, 0.05) is 24.9 Å². The second-order valence-corrected chi connectivity index (χ2v) is 7.15. The number of hydrogen-bond donors (Lipinski definition) is 3. The average molecular weight is 375 g/mol. The van der Waals surface area contributed by atoms with E-state index in [2.05, 4.69) is 27.4 Å². The van der Waals surface area contributed by atoms with E-state index in [-0.39, 0.29) is 0 Å². The Labute approximate surface area is 165 Å². The summed E-state index contributed by atoms with van der Waals surface area (Å²) in [4.78, 5) is 8.76. The normalized spacial score (nSPS) is 19.3. The molecule has 144 valence electrons. The molecular formula is C22H25N5O. The van der Waals surface area contributed by atoms with Crippen LogP contribution in [-0.2, 0) is 6.42 Å². The van der Waals surface area contributed by atoms with Gasteiger partial charge in [-0.25, -0.2) is 9.97 Å². The molecule has 0 amide bonds. The minimum atomic E-state index is 0.292. The summed E-state index contributed by atoms with van der Waals surface area (Å²) in [5.41, 5.74) is 12.9. The quantitative estimate of drug-likeness (QED) is 0.632. The Morgan fingerprint density at radius 1 is 0.964 bits per heavy atom. The fraction of sp³-hybridized carbons (Fsp3) is 0.273. The maximum Gasteiger partial charge on any atom is 0.133 e. The van der Waals surface area contributed by atoms with Crippen LogP contribution in [0.5, 0.6) is 11.5 Å². The molecule has 0 aliphatic carbocycles. The number of rotatable bonds is 5. The SMILES string of the molecule is Nc1cc(N)nc(CC2CCNCC2c2ccccc2Oc2ccccc2)n1. The number of para-hydroxylation sites is 2.